The van der Waals surface area contributed by atoms with E-state index in [1.807, 2.05) is 6.07 Å². The molecule has 0 bridgehead atoms. The number of hydrogen-bond donors (Lipinski definition) is 3. The Hall–Kier alpha value is -4.11. The summed E-state index contributed by atoms with van der Waals surface area (Å²) < 4.78 is 28.1. The van der Waals surface area contributed by atoms with E-state index < -0.39 is 47.5 Å². The molecule has 4 rings (SSSR count). The fourth-order valence-electron chi connectivity index (χ4n) is 4.76. The summed E-state index contributed by atoms with van der Waals surface area (Å²) in [4.78, 5) is 41.0. The number of amides is 3. The molecule has 0 radical (unpaired) electrons. The van der Waals surface area contributed by atoms with Crippen LogP contribution in [0.3, 0.4) is 0 Å². The lowest BCUT2D eigenvalue weighted by molar-refractivity contribution is -0.165. The van der Waals surface area contributed by atoms with Crippen LogP contribution in [0, 0.1) is 17.6 Å². The normalized spacial score (nSPS) is 16.2. The average molecular weight is 508 g/mol. The first-order valence-electron chi connectivity index (χ1n) is 11.8. The van der Waals surface area contributed by atoms with E-state index >= 15 is 0 Å². The number of aliphatic hydroxyl groups is 1. The molecule has 0 saturated carbocycles. The first-order chi connectivity index (χ1) is 17.5. The minimum Gasteiger partial charge on any atom is -0.372 e. The largest absolute Gasteiger partial charge is 0.372 e. The molecule has 2 atom stereocenters. The number of primary amides is 1. The SMILES string of the molecule is CC(C)C[C@](O)(C(N)=O)C(=O)N(Cc1cc(F)cc(F)c1)[C@@H]1C(=O)Nc2ccccc2-c2ccccc21. The molecule has 0 unspecified atom stereocenters. The zero-order valence-electron chi connectivity index (χ0n) is 20.4. The molecule has 1 heterocycles. The molecule has 0 fully saturated rings. The van der Waals surface area contributed by atoms with E-state index in [2.05, 4.69) is 5.32 Å². The molecule has 0 aliphatic carbocycles. The molecule has 0 aromatic heterocycles. The lowest BCUT2D eigenvalue weighted by Gasteiger charge is -2.37. The molecule has 7 nitrogen and oxygen atoms in total. The van der Waals surface area contributed by atoms with E-state index in [0.717, 1.165) is 17.0 Å². The lowest BCUT2D eigenvalue weighted by Crippen LogP contribution is -2.59. The number of carbonyl (C=O) groups is 3. The number of nitrogens with zero attached hydrogens (tertiary/aromatic N) is 1. The molecule has 192 valence electrons. The highest BCUT2D eigenvalue weighted by atomic mass is 19.1. The third-order valence-electron chi connectivity index (χ3n) is 6.29. The number of nitrogens with one attached hydrogen (secondary N) is 1. The number of benzene rings is 3. The molecule has 4 N–H and O–H groups in total. The third kappa shape index (κ3) is 5.08. The van der Waals surface area contributed by atoms with Gasteiger partial charge in [0.15, 0.2) is 0 Å². The minimum atomic E-state index is -2.66. The van der Waals surface area contributed by atoms with Gasteiger partial charge in [-0.3, -0.25) is 14.4 Å². The molecule has 37 heavy (non-hydrogen) atoms. The van der Waals surface area contributed by atoms with Crippen molar-refractivity contribution in [2.45, 2.75) is 38.5 Å². The van der Waals surface area contributed by atoms with Crippen molar-refractivity contribution in [2.75, 3.05) is 5.32 Å². The van der Waals surface area contributed by atoms with Crippen molar-refractivity contribution >= 4 is 23.4 Å². The summed E-state index contributed by atoms with van der Waals surface area (Å²) in [5.41, 5.74) is 5.11. The van der Waals surface area contributed by atoms with E-state index in [0.29, 0.717) is 28.4 Å². The summed E-state index contributed by atoms with van der Waals surface area (Å²) >= 11 is 0. The predicted octanol–water partition coefficient (Wildman–Crippen LogP) is 3.92. The highest BCUT2D eigenvalue weighted by molar-refractivity contribution is 6.10. The van der Waals surface area contributed by atoms with Crippen LogP contribution in [-0.2, 0) is 20.9 Å². The van der Waals surface area contributed by atoms with Crippen molar-refractivity contribution in [3.63, 3.8) is 0 Å². The molecule has 0 spiro atoms. The van der Waals surface area contributed by atoms with Crippen LogP contribution in [0.4, 0.5) is 14.5 Å². The van der Waals surface area contributed by atoms with Gasteiger partial charge in [-0.2, -0.15) is 0 Å². The van der Waals surface area contributed by atoms with Gasteiger partial charge in [-0.05, 0) is 47.2 Å². The van der Waals surface area contributed by atoms with Crippen LogP contribution < -0.4 is 11.1 Å². The van der Waals surface area contributed by atoms with E-state index in [4.69, 9.17) is 5.73 Å². The maximum Gasteiger partial charge on any atom is 0.265 e. The smallest absolute Gasteiger partial charge is 0.265 e. The third-order valence-corrected chi connectivity index (χ3v) is 6.29. The van der Waals surface area contributed by atoms with Gasteiger partial charge in [0, 0.05) is 23.9 Å². The van der Waals surface area contributed by atoms with Gasteiger partial charge in [0.25, 0.3) is 17.7 Å². The fourth-order valence-corrected chi connectivity index (χ4v) is 4.76. The van der Waals surface area contributed by atoms with Crippen LogP contribution in [0.25, 0.3) is 11.1 Å². The Kier molecular flexibility index (Phi) is 7.09. The van der Waals surface area contributed by atoms with Crippen LogP contribution in [0.1, 0.15) is 37.4 Å². The number of nitrogens with two attached hydrogens (primary N) is 1. The second-order valence-electron chi connectivity index (χ2n) is 9.56. The van der Waals surface area contributed by atoms with Gasteiger partial charge in [0.1, 0.15) is 17.7 Å². The summed E-state index contributed by atoms with van der Waals surface area (Å²) in [5.74, 6) is -5.14. The van der Waals surface area contributed by atoms with Crippen molar-refractivity contribution in [1.82, 2.24) is 4.90 Å². The zero-order chi connectivity index (χ0) is 26.9. The highest BCUT2D eigenvalue weighted by Gasteiger charge is 2.49. The van der Waals surface area contributed by atoms with Gasteiger partial charge >= 0.3 is 0 Å². The Balaban J connectivity index is 1.92. The van der Waals surface area contributed by atoms with E-state index in [1.54, 1.807) is 56.3 Å². The second kappa shape index (κ2) is 10.1. The molecule has 1 aliphatic heterocycles. The minimum absolute atomic E-state index is 0.0225. The average Bonchev–Trinajstić information content (AvgIpc) is 2.94. The number of hydrogen-bond acceptors (Lipinski definition) is 4. The molecule has 3 aromatic rings. The van der Waals surface area contributed by atoms with E-state index in [-0.39, 0.29) is 17.9 Å². The Bertz CT molecular complexity index is 1360. The Morgan fingerprint density at radius 3 is 2.24 bits per heavy atom. The first kappa shape index (κ1) is 26.0. The van der Waals surface area contributed by atoms with Crippen LogP contribution in [0.2, 0.25) is 0 Å². The summed E-state index contributed by atoms with van der Waals surface area (Å²) in [5, 5.41) is 14.1. The first-order valence-corrected chi connectivity index (χ1v) is 11.8. The molecular formula is C28H27F2N3O4. The standard InChI is InChI=1S/C28H27F2N3O4/c1-16(2)14-28(37,26(31)35)27(36)33(15-17-11-18(29)13-19(30)12-17)24-22-9-4-3-7-20(22)21-8-5-6-10-23(21)32-25(24)34/h3-13,16,24,37H,14-15H2,1-2H3,(H2,31,35)(H,32,34)/t24-,28-/m0/s1. The quantitative estimate of drug-likeness (QED) is 0.421. The highest BCUT2D eigenvalue weighted by Crippen LogP contribution is 2.40. The Labute approximate surface area is 212 Å². The van der Waals surface area contributed by atoms with Crippen molar-refractivity contribution in [3.8, 4) is 11.1 Å². The number of fused-ring (bicyclic) bond motifs is 3. The summed E-state index contributed by atoms with van der Waals surface area (Å²) in [6.45, 7) is 2.90. The molecular weight excluding hydrogens is 480 g/mol. The second-order valence-corrected chi connectivity index (χ2v) is 9.56. The fraction of sp³-hybridized carbons (Fsp3) is 0.250. The number of rotatable bonds is 7. The molecule has 1 aliphatic rings. The van der Waals surface area contributed by atoms with E-state index in [1.165, 1.54) is 0 Å². The van der Waals surface area contributed by atoms with Gasteiger partial charge in [0.2, 0.25) is 5.60 Å². The maximum absolute atomic E-state index is 14.1. The van der Waals surface area contributed by atoms with Crippen molar-refractivity contribution in [2.24, 2.45) is 11.7 Å². The predicted molar refractivity (Wildman–Crippen MR) is 134 cm³/mol. The van der Waals surface area contributed by atoms with Gasteiger partial charge < -0.3 is 21.1 Å². The molecule has 3 amide bonds. The van der Waals surface area contributed by atoms with Gasteiger partial charge in [-0.1, -0.05) is 56.3 Å². The monoisotopic (exact) mass is 507 g/mol. The molecule has 3 aromatic carbocycles. The maximum atomic E-state index is 14.1. The lowest BCUT2D eigenvalue weighted by atomic mass is 9.88. The summed E-state index contributed by atoms with van der Waals surface area (Å²) in [7, 11) is 0. The van der Waals surface area contributed by atoms with Crippen LogP contribution >= 0.6 is 0 Å². The van der Waals surface area contributed by atoms with Crippen molar-refractivity contribution < 1.29 is 28.3 Å². The van der Waals surface area contributed by atoms with Gasteiger partial charge in [0.05, 0.1) is 0 Å². The number of carbonyl (C=O) groups excluding carboxylic acids is 3. The molecule has 0 saturated heterocycles. The number of halogens is 2. The van der Waals surface area contributed by atoms with Gasteiger partial charge in [-0.15, -0.1) is 0 Å². The van der Waals surface area contributed by atoms with Crippen molar-refractivity contribution in [3.05, 3.63) is 89.5 Å². The number of anilines is 1. The van der Waals surface area contributed by atoms with Crippen molar-refractivity contribution in [1.29, 1.82) is 0 Å². The summed E-state index contributed by atoms with van der Waals surface area (Å²) in [6, 6.07) is 15.3. The number of para-hydroxylation sites is 1. The van der Waals surface area contributed by atoms with Crippen LogP contribution in [0.15, 0.2) is 66.7 Å². The Morgan fingerprint density at radius 2 is 1.62 bits per heavy atom. The molecule has 9 heteroatoms. The van der Waals surface area contributed by atoms with Crippen LogP contribution in [0.5, 0.6) is 0 Å². The Morgan fingerprint density at radius 1 is 1.03 bits per heavy atom. The zero-order valence-corrected chi connectivity index (χ0v) is 20.4. The van der Waals surface area contributed by atoms with Crippen LogP contribution in [-0.4, -0.2) is 33.3 Å². The topological polar surface area (TPSA) is 113 Å². The van der Waals surface area contributed by atoms with E-state index in [9.17, 15) is 28.3 Å². The summed E-state index contributed by atoms with van der Waals surface area (Å²) in [6.07, 6.45) is -0.314. The van der Waals surface area contributed by atoms with Gasteiger partial charge in [-0.25, -0.2) is 8.78 Å².